The molecule has 2 aliphatic heterocycles. The maximum absolute atomic E-state index is 13.3. The van der Waals surface area contributed by atoms with Gasteiger partial charge in [-0.15, -0.1) is 0 Å². The Morgan fingerprint density at radius 1 is 1.08 bits per heavy atom. The van der Waals surface area contributed by atoms with Crippen LogP contribution in [0.15, 0.2) is 58.5 Å². The predicted octanol–water partition coefficient (Wildman–Crippen LogP) is 3.72. The van der Waals surface area contributed by atoms with E-state index in [-0.39, 0.29) is 29.9 Å². The van der Waals surface area contributed by atoms with E-state index in [2.05, 4.69) is 20.6 Å². The molecule has 0 fully saturated rings. The fraction of sp³-hybridized carbons (Fsp3) is 0.346. The summed E-state index contributed by atoms with van der Waals surface area (Å²) in [7, 11) is 0. The maximum Gasteiger partial charge on any atom is 0.259 e. The van der Waals surface area contributed by atoms with E-state index in [4.69, 9.17) is 4.74 Å². The van der Waals surface area contributed by atoms with E-state index in [9.17, 15) is 14.4 Å². The van der Waals surface area contributed by atoms with Crippen LogP contribution < -0.4 is 15.4 Å². The van der Waals surface area contributed by atoms with Crippen molar-refractivity contribution < 1.29 is 19.1 Å². The molecule has 2 aliphatic rings. The molecule has 3 amide bonds. The van der Waals surface area contributed by atoms with Crippen molar-refractivity contribution in [3.8, 4) is 5.75 Å². The fourth-order valence-electron chi connectivity index (χ4n) is 3.85. The number of nitrogens with one attached hydrogen (secondary N) is 2. The molecular weight excluding hydrogens is 478 g/mol. The minimum Gasteiger partial charge on any atom is -0.492 e. The molecule has 1 atom stereocenters. The van der Waals surface area contributed by atoms with Crippen LogP contribution in [0.5, 0.6) is 5.75 Å². The van der Waals surface area contributed by atoms with Crippen LogP contribution in [0.2, 0.25) is 0 Å². The van der Waals surface area contributed by atoms with E-state index in [0.717, 1.165) is 30.2 Å². The molecule has 0 saturated heterocycles. The topological polar surface area (TPSA) is 112 Å². The van der Waals surface area contributed by atoms with Gasteiger partial charge in [0.1, 0.15) is 17.6 Å². The van der Waals surface area contributed by atoms with E-state index < -0.39 is 6.04 Å². The summed E-state index contributed by atoms with van der Waals surface area (Å²) in [6.07, 6.45) is 1.82. The van der Waals surface area contributed by atoms with E-state index in [0.29, 0.717) is 41.3 Å². The van der Waals surface area contributed by atoms with Gasteiger partial charge in [0.05, 0.1) is 30.2 Å². The van der Waals surface area contributed by atoms with Crippen LogP contribution in [0, 0.1) is 0 Å². The summed E-state index contributed by atoms with van der Waals surface area (Å²) < 4.78 is 5.57. The molecule has 0 aromatic heterocycles. The van der Waals surface area contributed by atoms with Crippen LogP contribution >= 0.6 is 11.8 Å². The SMILES string of the molecule is CCCCNC(=O)C[C@@H]1N=C2c3ccccc3N=C(SCC(=O)Nc3ccccc3OCC)N2C1=O. The number of hydrogen-bond donors (Lipinski definition) is 2. The van der Waals surface area contributed by atoms with Crippen molar-refractivity contribution in [1.29, 1.82) is 0 Å². The zero-order valence-electron chi connectivity index (χ0n) is 20.3. The van der Waals surface area contributed by atoms with Crippen LogP contribution in [0.1, 0.15) is 38.7 Å². The molecule has 0 saturated carbocycles. The van der Waals surface area contributed by atoms with Gasteiger partial charge in [0.25, 0.3) is 5.91 Å². The molecule has 2 heterocycles. The number of aliphatic imine (C=N–C) groups is 2. The maximum atomic E-state index is 13.3. The normalized spacial score (nSPS) is 16.0. The van der Waals surface area contributed by atoms with Crippen molar-refractivity contribution in [2.75, 3.05) is 24.2 Å². The molecule has 2 aromatic carbocycles. The summed E-state index contributed by atoms with van der Waals surface area (Å²) in [5, 5.41) is 6.06. The Morgan fingerprint density at radius 2 is 1.86 bits per heavy atom. The Kier molecular flexibility index (Phi) is 8.37. The van der Waals surface area contributed by atoms with Crippen LogP contribution in [0.4, 0.5) is 11.4 Å². The number of carbonyl (C=O) groups excluding carboxylic acids is 3. The third kappa shape index (κ3) is 5.76. The molecule has 2 N–H and O–H groups in total. The Bertz CT molecular complexity index is 1210. The van der Waals surface area contributed by atoms with E-state index in [1.807, 2.05) is 50.2 Å². The number of thioether (sulfide) groups is 1. The Balaban J connectivity index is 1.48. The second-order valence-electron chi connectivity index (χ2n) is 8.23. The minimum atomic E-state index is -0.828. The minimum absolute atomic E-state index is 0.0285. The Hall–Kier alpha value is -3.66. The first-order valence-corrected chi connectivity index (χ1v) is 13.0. The zero-order chi connectivity index (χ0) is 25.5. The van der Waals surface area contributed by atoms with Gasteiger partial charge in [0, 0.05) is 12.1 Å². The number of anilines is 1. The first-order valence-electron chi connectivity index (χ1n) is 12.0. The van der Waals surface area contributed by atoms with Gasteiger partial charge in [-0.2, -0.15) is 0 Å². The first-order chi connectivity index (χ1) is 17.5. The number of ether oxygens (including phenoxy) is 1. The van der Waals surface area contributed by atoms with Gasteiger partial charge in [-0.25, -0.2) is 9.89 Å². The highest BCUT2D eigenvalue weighted by molar-refractivity contribution is 8.14. The summed E-state index contributed by atoms with van der Waals surface area (Å²) in [6.45, 7) is 4.98. The van der Waals surface area contributed by atoms with Gasteiger partial charge in [0.15, 0.2) is 5.17 Å². The standard InChI is InChI=1S/C26H29N5O4S/c1-3-5-14-27-22(32)15-20-25(34)31-24(29-20)17-10-6-7-11-18(17)30-26(31)36-16-23(33)28-19-12-8-9-13-21(19)35-4-2/h6-13,20H,3-5,14-16H2,1-2H3,(H,27,32)(H,28,33)/t20-/m0/s1. The molecule has 4 rings (SSSR count). The third-order valence-corrected chi connectivity index (χ3v) is 6.51. The molecule has 10 heteroatoms. The van der Waals surface area contributed by atoms with Gasteiger partial charge in [0.2, 0.25) is 11.8 Å². The highest BCUT2D eigenvalue weighted by Gasteiger charge is 2.42. The summed E-state index contributed by atoms with van der Waals surface area (Å²) >= 11 is 1.15. The number of para-hydroxylation sites is 3. The van der Waals surface area contributed by atoms with Crippen molar-refractivity contribution >= 4 is 51.9 Å². The number of carbonyl (C=O) groups is 3. The van der Waals surface area contributed by atoms with Gasteiger partial charge in [-0.3, -0.25) is 19.4 Å². The second kappa shape index (κ2) is 11.9. The fourth-order valence-corrected chi connectivity index (χ4v) is 4.65. The molecular formula is C26H29N5O4S. The Labute approximate surface area is 214 Å². The number of fused-ring (bicyclic) bond motifs is 3. The molecule has 36 heavy (non-hydrogen) atoms. The number of amides is 3. The molecule has 0 bridgehead atoms. The molecule has 0 radical (unpaired) electrons. The lowest BCUT2D eigenvalue weighted by atomic mass is 10.1. The molecule has 2 aromatic rings. The summed E-state index contributed by atoms with van der Waals surface area (Å²) in [4.78, 5) is 49.1. The lowest BCUT2D eigenvalue weighted by molar-refractivity contribution is -0.128. The number of amidine groups is 2. The van der Waals surface area contributed by atoms with Gasteiger partial charge in [-0.1, -0.05) is 49.4 Å². The molecule has 188 valence electrons. The smallest absolute Gasteiger partial charge is 0.259 e. The largest absolute Gasteiger partial charge is 0.492 e. The van der Waals surface area contributed by atoms with Crippen LogP contribution in [0.25, 0.3) is 0 Å². The van der Waals surface area contributed by atoms with Crippen molar-refractivity contribution in [2.45, 2.75) is 39.2 Å². The summed E-state index contributed by atoms with van der Waals surface area (Å²) in [6, 6.07) is 13.8. The lowest BCUT2D eigenvalue weighted by Crippen LogP contribution is -2.42. The first kappa shape index (κ1) is 25.4. The number of nitrogens with zero attached hydrogens (tertiary/aromatic N) is 3. The van der Waals surface area contributed by atoms with E-state index in [1.165, 1.54) is 4.90 Å². The van der Waals surface area contributed by atoms with Crippen molar-refractivity contribution in [2.24, 2.45) is 9.98 Å². The number of unbranched alkanes of at least 4 members (excludes halogenated alkanes) is 1. The Morgan fingerprint density at radius 3 is 2.67 bits per heavy atom. The average Bonchev–Trinajstić information content (AvgIpc) is 3.20. The number of hydrogen-bond acceptors (Lipinski definition) is 7. The van der Waals surface area contributed by atoms with Crippen LogP contribution in [-0.2, 0) is 14.4 Å². The third-order valence-electron chi connectivity index (χ3n) is 5.57. The van der Waals surface area contributed by atoms with Gasteiger partial charge in [-0.05, 0) is 37.6 Å². The van der Waals surface area contributed by atoms with E-state index in [1.54, 1.807) is 12.1 Å². The lowest BCUT2D eigenvalue weighted by Gasteiger charge is -2.25. The van der Waals surface area contributed by atoms with Gasteiger partial charge < -0.3 is 15.4 Å². The molecule has 0 unspecified atom stereocenters. The predicted molar refractivity (Wildman–Crippen MR) is 142 cm³/mol. The van der Waals surface area contributed by atoms with E-state index >= 15 is 0 Å². The summed E-state index contributed by atoms with van der Waals surface area (Å²) in [5.74, 6) is 0.288. The van der Waals surface area contributed by atoms with Crippen LogP contribution in [-0.4, -0.2) is 58.6 Å². The van der Waals surface area contributed by atoms with Gasteiger partial charge >= 0.3 is 0 Å². The summed E-state index contributed by atoms with van der Waals surface area (Å²) in [5.41, 5.74) is 1.96. The monoisotopic (exact) mass is 507 g/mol. The van der Waals surface area contributed by atoms with Crippen molar-refractivity contribution in [3.05, 3.63) is 54.1 Å². The quantitative estimate of drug-likeness (QED) is 0.476. The number of rotatable bonds is 10. The highest BCUT2D eigenvalue weighted by Crippen LogP contribution is 2.34. The average molecular weight is 508 g/mol. The van der Waals surface area contributed by atoms with Crippen molar-refractivity contribution in [1.82, 2.24) is 10.2 Å². The van der Waals surface area contributed by atoms with Crippen molar-refractivity contribution in [3.63, 3.8) is 0 Å². The number of benzene rings is 2. The zero-order valence-corrected chi connectivity index (χ0v) is 21.1. The highest BCUT2D eigenvalue weighted by atomic mass is 32.2. The second-order valence-corrected chi connectivity index (χ2v) is 9.17. The molecule has 0 aliphatic carbocycles. The molecule has 0 spiro atoms. The molecule has 9 nitrogen and oxygen atoms in total. The van der Waals surface area contributed by atoms with Crippen LogP contribution in [0.3, 0.4) is 0 Å².